The minimum Gasteiger partial charge on any atom is -0.394 e. The molecule has 4 atom stereocenters. The molecule has 88 valence electrons. The molecule has 0 spiro atoms. The van der Waals surface area contributed by atoms with E-state index in [-0.39, 0.29) is 30.8 Å². The number of hydrogen-bond donors (Lipinski definition) is 1. The van der Waals surface area contributed by atoms with Crippen molar-refractivity contribution in [1.82, 2.24) is 0 Å². The molecule has 3 heteroatoms. The van der Waals surface area contributed by atoms with Crippen molar-refractivity contribution < 1.29 is 14.6 Å². The van der Waals surface area contributed by atoms with E-state index in [0.29, 0.717) is 0 Å². The van der Waals surface area contributed by atoms with Gasteiger partial charge >= 0.3 is 0 Å². The van der Waals surface area contributed by atoms with Crippen LogP contribution in [-0.2, 0) is 9.47 Å². The van der Waals surface area contributed by atoms with E-state index in [1.807, 2.05) is 30.3 Å². The SMILES string of the molecule is CO[C@@H]1[C@H](C)[C@@H](CO)O[C@H]1c1ccccc1. The number of hydrogen-bond acceptors (Lipinski definition) is 3. The summed E-state index contributed by atoms with van der Waals surface area (Å²) < 4.78 is 11.3. The number of aliphatic hydroxyl groups excluding tert-OH is 1. The summed E-state index contributed by atoms with van der Waals surface area (Å²) in [6.45, 7) is 2.10. The third kappa shape index (κ3) is 1.98. The van der Waals surface area contributed by atoms with E-state index in [4.69, 9.17) is 9.47 Å². The Morgan fingerprint density at radius 1 is 1.31 bits per heavy atom. The van der Waals surface area contributed by atoms with Gasteiger partial charge in [0.15, 0.2) is 0 Å². The molecular weight excluding hydrogens is 204 g/mol. The summed E-state index contributed by atoms with van der Waals surface area (Å²) in [5.41, 5.74) is 1.11. The second kappa shape index (κ2) is 4.95. The van der Waals surface area contributed by atoms with Gasteiger partial charge in [-0.3, -0.25) is 0 Å². The summed E-state index contributed by atoms with van der Waals surface area (Å²) in [5, 5.41) is 9.23. The molecule has 1 aliphatic rings. The fourth-order valence-electron chi connectivity index (χ4n) is 2.34. The van der Waals surface area contributed by atoms with Crippen LogP contribution in [0.1, 0.15) is 18.6 Å². The Labute approximate surface area is 96.0 Å². The van der Waals surface area contributed by atoms with Crippen LogP contribution >= 0.6 is 0 Å². The lowest BCUT2D eigenvalue weighted by molar-refractivity contribution is -0.0210. The molecule has 0 bridgehead atoms. The maximum absolute atomic E-state index is 9.23. The van der Waals surface area contributed by atoms with Gasteiger partial charge in [-0.25, -0.2) is 0 Å². The standard InChI is InChI=1S/C13H18O3/c1-9-11(8-14)16-13(12(9)15-2)10-6-4-3-5-7-10/h3-7,9,11-14H,8H2,1-2H3/t9-,11-,12-,13+/m1/s1. The third-order valence-corrected chi connectivity index (χ3v) is 3.30. The third-order valence-electron chi connectivity index (χ3n) is 3.30. The minimum atomic E-state index is -0.129. The topological polar surface area (TPSA) is 38.7 Å². The zero-order valence-electron chi connectivity index (χ0n) is 9.67. The van der Waals surface area contributed by atoms with Crippen molar-refractivity contribution in [1.29, 1.82) is 0 Å². The highest BCUT2D eigenvalue weighted by Gasteiger charge is 2.42. The van der Waals surface area contributed by atoms with E-state index in [1.165, 1.54) is 0 Å². The summed E-state index contributed by atoms with van der Waals surface area (Å²) in [7, 11) is 1.69. The van der Waals surface area contributed by atoms with E-state index >= 15 is 0 Å². The van der Waals surface area contributed by atoms with E-state index in [0.717, 1.165) is 5.56 Å². The van der Waals surface area contributed by atoms with Crippen molar-refractivity contribution in [2.45, 2.75) is 25.2 Å². The zero-order valence-corrected chi connectivity index (χ0v) is 9.67. The van der Waals surface area contributed by atoms with Gasteiger partial charge in [0, 0.05) is 13.0 Å². The van der Waals surface area contributed by atoms with Gasteiger partial charge in [-0.05, 0) is 5.56 Å². The molecule has 3 nitrogen and oxygen atoms in total. The average molecular weight is 222 g/mol. The molecule has 1 aromatic rings. The lowest BCUT2D eigenvalue weighted by Gasteiger charge is -2.19. The summed E-state index contributed by atoms with van der Waals surface area (Å²) in [6, 6.07) is 10.0. The van der Waals surface area contributed by atoms with Gasteiger partial charge in [0.1, 0.15) is 6.10 Å². The average Bonchev–Trinajstić information content (AvgIpc) is 2.66. The molecule has 2 rings (SSSR count). The number of methoxy groups -OCH3 is 1. The molecule has 1 saturated heterocycles. The van der Waals surface area contributed by atoms with E-state index in [9.17, 15) is 5.11 Å². The van der Waals surface area contributed by atoms with Crippen molar-refractivity contribution in [3.8, 4) is 0 Å². The molecule has 1 heterocycles. The smallest absolute Gasteiger partial charge is 0.109 e. The molecule has 1 aromatic carbocycles. The van der Waals surface area contributed by atoms with E-state index < -0.39 is 0 Å². The molecule has 0 aliphatic carbocycles. The van der Waals surface area contributed by atoms with Crippen LogP contribution in [0.3, 0.4) is 0 Å². The van der Waals surface area contributed by atoms with Gasteiger partial charge in [0.25, 0.3) is 0 Å². The van der Waals surface area contributed by atoms with Crippen LogP contribution in [0.25, 0.3) is 0 Å². The van der Waals surface area contributed by atoms with Crippen molar-refractivity contribution in [2.75, 3.05) is 13.7 Å². The van der Waals surface area contributed by atoms with Gasteiger partial charge in [0.05, 0.1) is 18.8 Å². The number of benzene rings is 1. The molecular formula is C13H18O3. The van der Waals surface area contributed by atoms with Crippen LogP contribution in [0.4, 0.5) is 0 Å². The predicted molar refractivity (Wildman–Crippen MR) is 61.1 cm³/mol. The van der Waals surface area contributed by atoms with Gasteiger partial charge in [-0.1, -0.05) is 37.3 Å². The first-order chi connectivity index (χ1) is 7.77. The zero-order chi connectivity index (χ0) is 11.5. The molecule has 0 saturated carbocycles. The Morgan fingerprint density at radius 2 is 2.00 bits per heavy atom. The highest BCUT2D eigenvalue weighted by molar-refractivity contribution is 5.20. The molecule has 16 heavy (non-hydrogen) atoms. The summed E-state index contributed by atoms with van der Waals surface area (Å²) >= 11 is 0. The molecule has 0 radical (unpaired) electrons. The van der Waals surface area contributed by atoms with Gasteiger partial charge in [0.2, 0.25) is 0 Å². The quantitative estimate of drug-likeness (QED) is 0.847. The Balaban J connectivity index is 2.22. The fourth-order valence-corrected chi connectivity index (χ4v) is 2.34. The van der Waals surface area contributed by atoms with E-state index in [2.05, 4.69) is 6.92 Å². The minimum absolute atomic E-state index is 0.0135. The lowest BCUT2D eigenvalue weighted by Crippen LogP contribution is -2.25. The molecule has 0 aromatic heterocycles. The highest BCUT2D eigenvalue weighted by Crippen LogP contribution is 2.38. The molecule has 0 unspecified atom stereocenters. The first kappa shape index (κ1) is 11.6. The summed E-state index contributed by atoms with van der Waals surface area (Å²) in [4.78, 5) is 0. The van der Waals surface area contributed by atoms with Crippen LogP contribution in [-0.4, -0.2) is 31.0 Å². The van der Waals surface area contributed by atoms with Crippen molar-refractivity contribution in [3.63, 3.8) is 0 Å². The van der Waals surface area contributed by atoms with Gasteiger partial charge < -0.3 is 14.6 Å². The summed E-state index contributed by atoms with van der Waals surface area (Å²) in [5.74, 6) is 0.209. The van der Waals surface area contributed by atoms with Crippen LogP contribution in [0, 0.1) is 5.92 Å². The Bertz CT molecular complexity index is 325. The highest BCUT2D eigenvalue weighted by atomic mass is 16.6. The first-order valence-electron chi connectivity index (χ1n) is 5.62. The number of ether oxygens (including phenoxy) is 2. The molecule has 0 amide bonds. The van der Waals surface area contributed by atoms with Crippen molar-refractivity contribution >= 4 is 0 Å². The van der Waals surface area contributed by atoms with Gasteiger partial charge in [-0.2, -0.15) is 0 Å². The second-order valence-electron chi connectivity index (χ2n) is 4.25. The van der Waals surface area contributed by atoms with Crippen LogP contribution < -0.4 is 0 Å². The van der Waals surface area contributed by atoms with Crippen molar-refractivity contribution in [2.24, 2.45) is 5.92 Å². The maximum atomic E-state index is 9.23. The van der Waals surface area contributed by atoms with Crippen LogP contribution in [0.2, 0.25) is 0 Å². The predicted octanol–water partition coefficient (Wildman–Crippen LogP) is 1.77. The Kier molecular flexibility index (Phi) is 3.59. The van der Waals surface area contributed by atoms with Crippen LogP contribution in [0.15, 0.2) is 30.3 Å². The molecule has 1 aliphatic heterocycles. The Hall–Kier alpha value is -0.900. The lowest BCUT2D eigenvalue weighted by atomic mass is 9.95. The first-order valence-corrected chi connectivity index (χ1v) is 5.62. The van der Waals surface area contributed by atoms with Crippen LogP contribution in [0.5, 0.6) is 0 Å². The molecule has 1 fully saturated rings. The molecule has 1 N–H and O–H groups in total. The Morgan fingerprint density at radius 3 is 2.56 bits per heavy atom. The van der Waals surface area contributed by atoms with Crippen molar-refractivity contribution in [3.05, 3.63) is 35.9 Å². The monoisotopic (exact) mass is 222 g/mol. The summed E-state index contributed by atoms with van der Waals surface area (Å²) in [6.07, 6.45) is -0.187. The number of rotatable bonds is 3. The van der Waals surface area contributed by atoms with E-state index in [1.54, 1.807) is 7.11 Å². The largest absolute Gasteiger partial charge is 0.394 e. The maximum Gasteiger partial charge on any atom is 0.109 e. The fraction of sp³-hybridized carbons (Fsp3) is 0.538. The number of aliphatic hydroxyl groups is 1. The van der Waals surface area contributed by atoms with Gasteiger partial charge in [-0.15, -0.1) is 0 Å². The normalized spacial score (nSPS) is 34.2. The second-order valence-corrected chi connectivity index (χ2v) is 4.25.